The number of primary amides is 1. The number of nitrogens with one attached hydrogen (secondary N) is 1. The van der Waals surface area contributed by atoms with E-state index in [1.165, 1.54) is 0 Å². The lowest BCUT2D eigenvalue weighted by Gasteiger charge is -2.12. The topological polar surface area (TPSA) is 134 Å². The first-order chi connectivity index (χ1) is 13.1. The van der Waals surface area contributed by atoms with E-state index in [9.17, 15) is 4.79 Å². The number of carbonyl (C=O) groups is 1. The van der Waals surface area contributed by atoms with Crippen LogP contribution in [0.3, 0.4) is 0 Å². The summed E-state index contributed by atoms with van der Waals surface area (Å²) in [5, 5.41) is 11.5. The number of nitrogens with zero attached hydrogens (tertiary/aromatic N) is 6. The van der Waals surface area contributed by atoms with E-state index in [0.717, 1.165) is 12.8 Å². The zero-order chi connectivity index (χ0) is 18.8. The van der Waals surface area contributed by atoms with Gasteiger partial charge in [0.1, 0.15) is 5.75 Å². The quantitative estimate of drug-likeness (QED) is 0.660. The number of hydrogen-bond acceptors (Lipinski definition) is 8. The lowest BCUT2D eigenvalue weighted by molar-refractivity contribution is -0.121. The fraction of sp³-hybridized carbons (Fsp3) is 0.412. The number of anilines is 1. The van der Waals surface area contributed by atoms with E-state index >= 15 is 0 Å². The molecule has 3 aromatic heterocycles. The van der Waals surface area contributed by atoms with E-state index in [0.29, 0.717) is 41.7 Å². The van der Waals surface area contributed by atoms with Crippen molar-refractivity contribution in [2.45, 2.75) is 32.2 Å². The van der Waals surface area contributed by atoms with Gasteiger partial charge in [-0.15, -0.1) is 5.10 Å². The molecule has 2 atom stereocenters. The van der Waals surface area contributed by atoms with Gasteiger partial charge in [0.15, 0.2) is 17.0 Å². The first-order valence-corrected chi connectivity index (χ1v) is 8.87. The van der Waals surface area contributed by atoms with Gasteiger partial charge in [0.25, 0.3) is 0 Å². The van der Waals surface area contributed by atoms with E-state index in [4.69, 9.17) is 10.5 Å². The zero-order valence-electron chi connectivity index (χ0n) is 14.9. The first-order valence-electron chi connectivity index (χ1n) is 8.87. The summed E-state index contributed by atoms with van der Waals surface area (Å²) in [7, 11) is 0. The van der Waals surface area contributed by atoms with Crippen LogP contribution in [0.15, 0.2) is 24.5 Å². The number of amides is 1. The maximum atomic E-state index is 11.3. The molecule has 3 heterocycles. The normalized spacial score (nSPS) is 19.3. The second-order valence-corrected chi connectivity index (χ2v) is 6.44. The standard InChI is InChI=1S/C17H20N8O2/c1-2-27-12-5-6-14(19-8-12)25-16-13(23-24-25)9-20-17(22-16)21-11-4-3-10(7-11)15(18)26/h5-6,8-11H,2-4,7H2,1H3,(H2,18,26)(H,20,21,22)/t10-,11?/m1/s1. The van der Waals surface area contributed by atoms with Crippen LogP contribution in [0.2, 0.25) is 0 Å². The molecule has 1 fully saturated rings. The molecule has 10 heteroatoms. The number of fused-ring (bicyclic) bond motifs is 1. The predicted octanol–water partition coefficient (Wildman–Crippen LogP) is 1.07. The Morgan fingerprint density at radius 3 is 2.93 bits per heavy atom. The van der Waals surface area contributed by atoms with Crippen molar-refractivity contribution in [3.8, 4) is 11.6 Å². The number of rotatable bonds is 6. The molecule has 0 saturated heterocycles. The van der Waals surface area contributed by atoms with Crippen molar-refractivity contribution >= 4 is 23.0 Å². The molecule has 4 rings (SSSR count). The molecule has 3 aromatic rings. The van der Waals surface area contributed by atoms with Gasteiger partial charge in [0, 0.05) is 12.0 Å². The summed E-state index contributed by atoms with van der Waals surface area (Å²) in [4.78, 5) is 24.5. The number of pyridine rings is 1. The zero-order valence-corrected chi connectivity index (χ0v) is 14.9. The highest BCUT2D eigenvalue weighted by molar-refractivity contribution is 5.77. The maximum Gasteiger partial charge on any atom is 0.225 e. The van der Waals surface area contributed by atoms with Gasteiger partial charge in [-0.1, -0.05) is 5.21 Å². The van der Waals surface area contributed by atoms with Crippen LogP contribution in [0.5, 0.6) is 5.75 Å². The molecule has 1 aliphatic carbocycles. The Kier molecular flexibility index (Phi) is 4.53. The smallest absolute Gasteiger partial charge is 0.225 e. The van der Waals surface area contributed by atoms with Crippen LogP contribution in [0.25, 0.3) is 17.0 Å². The Morgan fingerprint density at radius 2 is 2.22 bits per heavy atom. The lowest BCUT2D eigenvalue weighted by atomic mass is 10.1. The van der Waals surface area contributed by atoms with Crippen molar-refractivity contribution in [3.63, 3.8) is 0 Å². The van der Waals surface area contributed by atoms with Crippen LogP contribution in [0.1, 0.15) is 26.2 Å². The van der Waals surface area contributed by atoms with E-state index in [-0.39, 0.29) is 17.9 Å². The molecular formula is C17H20N8O2. The Balaban J connectivity index is 1.57. The predicted molar refractivity (Wildman–Crippen MR) is 97.4 cm³/mol. The Labute approximate surface area is 155 Å². The van der Waals surface area contributed by atoms with Gasteiger partial charge in [-0.05, 0) is 38.3 Å². The largest absolute Gasteiger partial charge is 0.492 e. The number of hydrogen-bond donors (Lipinski definition) is 2. The average molecular weight is 368 g/mol. The van der Waals surface area contributed by atoms with Gasteiger partial charge in [-0.25, -0.2) is 9.97 Å². The number of aromatic nitrogens is 6. The second-order valence-electron chi connectivity index (χ2n) is 6.44. The van der Waals surface area contributed by atoms with Crippen molar-refractivity contribution in [3.05, 3.63) is 24.5 Å². The van der Waals surface area contributed by atoms with Crippen molar-refractivity contribution in [2.24, 2.45) is 11.7 Å². The monoisotopic (exact) mass is 368 g/mol. The Bertz CT molecular complexity index is 955. The summed E-state index contributed by atoms with van der Waals surface area (Å²) in [5.74, 6) is 1.39. The Hall–Kier alpha value is -3.30. The van der Waals surface area contributed by atoms with Gasteiger partial charge in [-0.3, -0.25) is 4.79 Å². The molecule has 0 spiro atoms. The fourth-order valence-corrected chi connectivity index (χ4v) is 3.26. The molecule has 140 valence electrons. The van der Waals surface area contributed by atoms with Crippen LogP contribution in [-0.2, 0) is 4.79 Å². The molecule has 0 aliphatic heterocycles. The van der Waals surface area contributed by atoms with Crippen LogP contribution in [0, 0.1) is 5.92 Å². The van der Waals surface area contributed by atoms with E-state index in [1.54, 1.807) is 23.1 Å². The van der Waals surface area contributed by atoms with Crippen LogP contribution >= 0.6 is 0 Å². The lowest BCUT2D eigenvalue weighted by Crippen LogP contribution is -2.23. The van der Waals surface area contributed by atoms with Crippen molar-refractivity contribution in [1.29, 1.82) is 0 Å². The highest BCUT2D eigenvalue weighted by Gasteiger charge is 2.28. The molecule has 0 bridgehead atoms. The van der Waals surface area contributed by atoms with Gasteiger partial charge >= 0.3 is 0 Å². The van der Waals surface area contributed by atoms with Crippen LogP contribution in [0.4, 0.5) is 5.95 Å². The SMILES string of the molecule is CCOc1ccc(-n2nnc3cnc(NC4CC[C@@H](C(N)=O)C4)nc32)nc1. The molecule has 0 radical (unpaired) electrons. The summed E-state index contributed by atoms with van der Waals surface area (Å²) in [6, 6.07) is 3.73. The van der Waals surface area contributed by atoms with Gasteiger partial charge < -0.3 is 15.8 Å². The molecule has 10 nitrogen and oxygen atoms in total. The fourth-order valence-electron chi connectivity index (χ4n) is 3.26. The van der Waals surface area contributed by atoms with Crippen LogP contribution in [-0.4, -0.2) is 48.5 Å². The van der Waals surface area contributed by atoms with E-state index in [2.05, 4.69) is 30.6 Å². The minimum Gasteiger partial charge on any atom is -0.492 e. The third-order valence-electron chi connectivity index (χ3n) is 4.61. The number of ether oxygens (including phenoxy) is 1. The molecule has 1 unspecified atom stereocenters. The molecule has 1 amide bonds. The van der Waals surface area contributed by atoms with Gasteiger partial charge in [-0.2, -0.15) is 9.67 Å². The summed E-state index contributed by atoms with van der Waals surface area (Å²) in [6.07, 6.45) is 5.57. The molecule has 3 N–H and O–H groups in total. The minimum absolute atomic E-state index is 0.0912. The van der Waals surface area contributed by atoms with Gasteiger partial charge in [0.05, 0.1) is 19.0 Å². The van der Waals surface area contributed by atoms with E-state index < -0.39 is 0 Å². The summed E-state index contributed by atoms with van der Waals surface area (Å²) in [6.45, 7) is 2.49. The highest BCUT2D eigenvalue weighted by atomic mass is 16.5. The molecular weight excluding hydrogens is 348 g/mol. The summed E-state index contributed by atoms with van der Waals surface area (Å²) >= 11 is 0. The minimum atomic E-state index is -0.250. The van der Waals surface area contributed by atoms with E-state index in [1.807, 2.05) is 13.0 Å². The highest BCUT2D eigenvalue weighted by Crippen LogP contribution is 2.27. The Morgan fingerprint density at radius 1 is 1.33 bits per heavy atom. The molecule has 1 saturated carbocycles. The summed E-state index contributed by atoms with van der Waals surface area (Å²) < 4.78 is 6.96. The molecule has 1 aliphatic rings. The third kappa shape index (κ3) is 3.50. The number of carbonyl (C=O) groups excluding carboxylic acids is 1. The van der Waals surface area contributed by atoms with Crippen LogP contribution < -0.4 is 15.8 Å². The maximum absolute atomic E-state index is 11.3. The average Bonchev–Trinajstić information content (AvgIpc) is 3.30. The number of nitrogens with two attached hydrogens (primary N) is 1. The first kappa shape index (κ1) is 17.1. The molecule has 27 heavy (non-hydrogen) atoms. The van der Waals surface area contributed by atoms with Gasteiger partial charge in [0.2, 0.25) is 11.9 Å². The third-order valence-corrected chi connectivity index (χ3v) is 4.61. The second kappa shape index (κ2) is 7.14. The summed E-state index contributed by atoms with van der Waals surface area (Å²) in [5.41, 5.74) is 6.51. The molecule has 0 aromatic carbocycles. The van der Waals surface area contributed by atoms with Crippen molar-refractivity contribution in [2.75, 3.05) is 11.9 Å². The van der Waals surface area contributed by atoms with Crippen molar-refractivity contribution in [1.82, 2.24) is 29.9 Å². The van der Waals surface area contributed by atoms with Crippen molar-refractivity contribution < 1.29 is 9.53 Å².